The maximum Gasteiger partial charge on any atom is 0.309 e. The minimum absolute atomic E-state index is 0.0425. The molecule has 4 fully saturated rings. The number of likely N-dealkylation sites (N-methyl/N-ethyl adjacent to an activating group) is 1. The van der Waals surface area contributed by atoms with Gasteiger partial charge in [-0.25, -0.2) is 0 Å². The molecule has 0 bridgehead atoms. The number of halogens is 1. The van der Waals surface area contributed by atoms with E-state index in [-0.39, 0.29) is 40.1 Å². The van der Waals surface area contributed by atoms with Crippen LogP contribution in [0.3, 0.4) is 0 Å². The minimum Gasteiger partial charge on any atom is -0.481 e. The largest absolute Gasteiger partial charge is 0.481 e. The number of nitrogens with zero attached hydrogens (tertiary/aromatic N) is 1. The van der Waals surface area contributed by atoms with E-state index >= 15 is 0 Å². The molecule has 4 saturated carbocycles. The summed E-state index contributed by atoms with van der Waals surface area (Å²) in [6.45, 7) is 21.2. The van der Waals surface area contributed by atoms with E-state index in [0.717, 1.165) is 69.7 Å². The molecule has 8 unspecified atom stereocenters. The molecule has 1 aromatic rings. The van der Waals surface area contributed by atoms with Gasteiger partial charge in [0.1, 0.15) is 6.10 Å². The summed E-state index contributed by atoms with van der Waals surface area (Å²) in [6.07, 6.45) is 10.1. The number of hydrogen-bond acceptors (Lipinski definition) is 6. The van der Waals surface area contributed by atoms with Gasteiger partial charge in [-0.15, -0.1) is 0 Å². The molecular weight excluding hydrogens is 696 g/mol. The zero-order valence-electron chi connectivity index (χ0n) is 34.8. The number of ketones is 1. The third-order valence-corrected chi connectivity index (χ3v) is 16.3. The minimum atomic E-state index is -1.15. The molecule has 300 valence electrons. The molecule has 54 heavy (non-hydrogen) atoms. The zero-order chi connectivity index (χ0) is 39.4. The third kappa shape index (κ3) is 7.37. The molecule has 6 rings (SSSR count). The van der Waals surface area contributed by atoms with Crippen molar-refractivity contribution in [2.75, 3.05) is 26.7 Å². The second-order valence-corrected chi connectivity index (χ2v) is 20.7. The number of allylic oxidation sites excluding steroid dienone is 2. The highest BCUT2D eigenvalue weighted by Gasteiger charge is 2.66. The van der Waals surface area contributed by atoms with Crippen molar-refractivity contribution in [1.29, 1.82) is 0 Å². The highest BCUT2D eigenvalue weighted by atomic mass is 35.5. The van der Waals surface area contributed by atoms with Gasteiger partial charge >= 0.3 is 11.9 Å². The van der Waals surface area contributed by atoms with Gasteiger partial charge in [-0.2, -0.15) is 0 Å². The van der Waals surface area contributed by atoms with E-state index in [1.165, 1.54) is 30.4 Å². The van der Waals surface area contributed by atoms with E-state index < -0.39 is 17.4 Å². The Hall–Kier alpha value is -2.22. The number of esters is 1. The molecule has 8 heteroatoms. The highest BCUT2D eigenvalue weighted by Crippen LogP contribution is 2.73. The van der Waals surface area contributed by atoms with E-state index in [4.69, 9.17) is 16.3 Å². The Morgan fingerprint density at radius 3 is 2.30 bits per heavy atom. The molecule has 5 aliphatic rings. The van der Waals surface area contributed by atoms with Gasteiger partial charge in [-0.1, -0.05) is 70.8 Å². The van der Waals surface area contributed by atoms with Crippen molar-refractivity contribution in [3.8, 4) is 0 Å². The first-order valence-corrected chi connectivity index (χ1v) is 21.5. The summed E-state index contributed by atoms with van der Waals surface area (Å²) < 4.78 is 6.18. The van der Waals surface area contributed by atoms with Crippen molar-refractivity contribution in [3.05, 3.63) is 46.0 Å². The molecule has 2 N–H and O–H groups in total. The molecule has 0 aliphatic heterocycles. The lowest BCUT2D eigenvalue weighted by molar-refractivity contribution is -0.214. The van der Waals surface area contributed by atoms with Crippen molar-refractivity contribution in [2.45, 2.75) is 139 Å². The molecule has 0 aromatic heterocycles. The summed E-state index contributed by atoms with van der Waals surface area (Å²) in [5.41, 5.74) is 2.93. The van der Waals surface area contributed by atoms with Gasteiger partial charge < -0.3 is 15.2 Å². The first-order chi connectivity index (χ1) is 25.3. The van der Waals surface area contributed by atoms with Crippen molar-refractivity contribution < 1.29 is 24.2 Å². The average molecular weight is 766 g/mol. The molecule has 0 heterocycles. The number of rotatable bonds is 13. The summed E-state index contributed by atoms with van der Waals surface area (Å²) in [5, 5.41) is 13.7. The summed E-state index contributed by atoms with van der Waals surface area (Å²) in [7, 11) is 2.02. The number of ether oxygens (including phenoxy) is 1. The number of aliphatic carboxylic acids is 1. The standard InChI is InChI=1S/C46H69ClN2O5/c1-29(2)39-34(50)26-46(22-24-49(25-23-48-9)28-30-10-12-31(47)13-11-30)21-16-33-32(40(39)46)14-15-36-44(33,7)19-17-35-43(5,6)37(18-20-45(35,36)8)54-38(51)27-42(3,4)41(52)53/h10-13,29,32-33,35-37,48H,14-28H2,1-9H3,(H,52,53). The predicted octanol–water partition coefficient (Wildman–Crippen LogP) is 9.75. The van der Waals surface area contributed by atoms with Crippen LogP contribution < -0.4 is 5.32 Å². The van der Waals surface area contributed by atoms with Crippen LogP contribution >= 0.6 is 11.6 Å². The Morgan fingerprint density at radius 1 is 0.963 bits per heavy atom. The fraction of sp³-hybridized carbons (Fsp3) is 0.761. The summed E-state index contributed by atoms with van der Waals surface area (Å²) in [4.78, 5) is 41.6. The van der Waals surface area contributed by atoms with Crippen LogP contribution in [0.1, 0.15) is 132 Å². The van der Waals surface area contributed by atoms with E-state index in [0.29, 0.717) is 35.9 Å². The number of Topliss-reactive ketones (excluding diaryl/α,β-unsaturated/α-hetero) is 1. The van der Waals surface area contributed by atoms with Crippen LogP contribution in [-0.4, -0.2) is 60.5 Å². The van der Waals surface area contributed by atoms with Crippen LogP contribution in [0.2, 0.25) is 5.02 Å². The van der Waals surface area contributed by atoms with Crippen molar-refractivity contribution in [3.63, 3.8) is 0 Å². The van der Waals surface area contributed by atoms with Gasteiger partial charge in [-0.05, 0) is 149 Å². The molecule has 7 nitrogen and oxygen atoms in total. The Balaban J connectivity index is 1.23. The number of carboxylic acid groups (broad SMARTS) is 1. The first-order valence-electron chi connectivity index (χ1n) is 21.1. The molecule has 0 radical (unpaired) electrons. The third-order valence-electron chi connectivity index (χ3n) is 16.0. The van der Waals surface area contributed by atoms with E-state index in [2.05, 4.69) is 63.9 Å². The molecule has 0 saturated heterocycles. The van der Waals surface area contributed by atoms with Crippen LogP contribution in [-0.2, 0) is 25.7 Å². The number of nitrogens with one attached hydrogen (secondary N) is 1. The summed E-state index contributed by atoms with van der Waals surface area (Å²) in [5.74, 6) is 1.31. The van der Waals surface area contributed by atoms with E-state index in [9.17, 15) is 19.5 Å². The van der Waals surface area contributed by atoms with Crippen LogP contribution in [0.25, 0.3) is 0 Å². The van der Waals surface area contributed by atoms with Gasteiger partial charge in [-0.3, -0.25) is 19.3 Å². The highest BCUT2D eigenvalue weighted by molar-refractivity contribution is 6.30. The van der Waals surface area contributed by atoms with Gasteiger partial charge in [0.05, 0.1) is 11.8 Å². The molecule has 1 aromatic carbocycles. The zero-order valence-corrected chi connectivity index (χ0v) is 35.5. The van der Waals surface area contributed by atoms with Crippen molar-refractivity contribution in [2.24, 2.45) is 56.7 Å². The van der Waals surface area contributed by atoms with Crippen molar-refractivity contribution >= 4 is 29.3 Å². The second kappa shape index (κ2) is 15.3. The lowest BCUT2D eigenvalue weighted by Gasteiger charge is -2.69. The molecular formula is C46H69ClN2O5. The lowest BCUT2D eigenvalue weighted by Crippen LogP contribution is -2.63. The number of benzene rings is 1. The van der Waals surface area contributed by atoms with Crippen LogP contribution in [0.4, 0.5) is 0 Å². The topological polar surface area (TPSA) is 95.9 Å². The quantitative estimate of drug-likeness (QED) is 0.193. The smallest absolute Gasteiger partial charge is 0.309 e. The molecule has 5 aliphatic carbocycles. The van der Waals surface area contributed by atoms with Crippen LogP contribution in [0.15, 0.2) is 35.4 Å². The van der Waals surface area contributed by atoms with Crippen molar-refractivity contribution in [1.82, 2.24) is 10.2 Å². The maximum absolute atomic E-state index is 14.1. The van der Waals surface area contributed by atoms with Crippen LogP contribution in [0.5, 0.6) is 0 Å². The van der Waals surface area contributed by atoms with Gasteiger partial charge in [0.15, 0.2) is 5.78 Å². The fourth-order valence-corrected chi connectivity index (χ4v) is 13.4. The predicted molar refractivity (Wildman–Crippen MR) is 216 cm³/mol. The molecule has 8 atom stereocenters. The number of carboxylic acids is 1. The lowest BCUT2D eigenvalue weighted by atomic mass is 9.36. The SMILES string of the molecule is CNCCN(CCC12CCC3C(CCC4C3(C)CCC3C(C)(C)C(OC(=O)CC(C)(C)C(=O)O)CCC34C)C1=C(C(C)C)C(=O)C2)Cc1ccc(Cl)cc1. The van der Waals surface area contributed by atoms with Gasteiger partial charge in [0.25, 0.3) is 0 Å². The molecule has 0 spiro atoms. The summed E-state index contributed by atoms with van der Waals surface area (Å²) >= 11 is 6.23. The number of fused-ring (bicyclic) bond motifs is 7. The van der Waals surface area contributed by atoms with E-state index in [1.54, 1.807) is 19.4 Å². The Bertz CT molecular complexity index is 1620. The fourth-order valence-electron chi connectivity index (χ4n) is 13.3. The van der Waals surface area contributed by atoms with Gasteiger partial charge in [0, 0.05) is 41.9 Å². The number of carbonyl (C=O) groups excluding carboxylic acids is 2. The second-order valence-electron chi connectivity index (χ2n) is 20.3. The summed E-state index contributed by atoms with van der Waals surface area (Å²) in [6, 6.07) is 8.24. The maximum atomic E-state index is 14.1. The van der Waals surface area contributed by atoms with E-state index in [1.807, 2.05) is 19.2 Å². The molecule has 0 amide bonds. The van der Waals surface area contributed by atoms with Crippen LogP contribution in [0, 0.1) is 56.7 Å². The first kappa shape index (κ1) is 41.4. The Labute approximate surface area is 330 Å². The monoisotopic (exact) mass is 764 g/mol. The number of carbonyl (C=O) groups is 3. The normalized spacial score (nSPS) is 34.7. The van der Waals surface area contributed by atoms with Gasteiger partial charge in [0.2, 0.25) is 0 Å². The number of hydrogen-bond donors (Lipinski definition) is 2. The average Bonchev–Trinajstić information content (AvgIpc) is 3.40. The Morgan fingerprint density at radius 2 is 1.65 bits per heavy atom. The Kier molecular flexibility index (Phi) is 11.7.